The van der Waals surface area contributed by atoms with Gasteiger partial charge in [-0.3, -0.25) is 14.7 Å². The molecule has 1 aromatic rings. The van der Waals surface area contributed by atoms with Crippen molar-refractivity contribution in [3.8, 4) is 5.75 Å². The van der Waals surface area contributed by atoms with E-state index in [-0.39, 0.29) is 11.8 Å². The normalized spacial score (nSPS) is 17.6. The van der Waals surface area contributed by atoms with Gasteiger partial charge in [0.1, 0.15) is 5.75 Å². The Labute approximate surface area is 119 Å². The van der Waals surface area contributed by atoms with E-state index in [1.807, 2.05) is 20.0 Å². The lowest BCUT2D eigenvalue weighted by molar-refractivity contribution is -0.145. The molecule has 5 heteroatoms. The van der Waals surface area contributed by atoms with E-state index in [4.69, 9.17) is 9.84 Å². The summed E-state index contributed by atoms with van der Waals surface area (Å²) in [4.78, 5) is 17.6. The van der Waals surface area contributed by atoms with Crippen molar-refractivity contribution in [2.45, 2.75) is 27.3 Å². The van der Waals surface area contributed by atoms with E-state index in [0.29, 0.717) is 0 Å². The molecule has 110 valence electrons. The number of rotatable bonds is 5. The molecule has 2 heterocycles. The summed E-state index contributed by atoms with van der Waals surface area (Å²) in [5.41, 5.74) is 3.12. The third kappa shape index (κ3) is 2.77. The zero-order valence-electron chi connectivity index (χ0n) is 12.5. The molecule has 0 aromatic carbocycles. The average molecular weight is 278 g/mol. The van der Waals surface area contributed by atoms with Crippen LogP contribution in [0.5, 0.6) is 5.75 Å². The molecule has 1 aliphatic rings. The summed E-state index contributed by atoms with van der Waals surface area (Å²) in [6.07, 6.45) is 1.83. The quantitative estimate of drug-likeness (QED) is 0.890. The van der Waals surface area contributed by atoms with Gasteiger partial charge in [-0.25, -0.2) is 0 Å². The highest BCUT2D eigenvalue weighted by atomic mass is 16.5. The van der Waals surface area contributed by atoms with E-state index in [9.17, 15) is 4.79 Å². The molecule has 0 radical (unpaired) electrons. The number of carboxylic acid groups (broad SMARTS) is 1. The van der Waals surface area contributed by atoms with Gasteiger partial charge in [0.25, 0.3) is 0 Å². The van der Waals surface area contributed by atoms with Gasteiger partial charge in [0.2, 0.25) is 0 Å². The molecule has 0 bridgehead atoms. The largest absolute Gasteiger partial charge is 0.496 e. The van der Waals surface area contributed by atoms with Crippen LogP contribution in [-0.4, -0.2) is 41.2 Å². The Kier molecular flexibility index (Phi) is 4.28. The number of ether oxygens (including phenoxy) is 1. The van der Waals surface area contributed by atoms with Gasteiger partial charge in [-0.1, -0.05) is 6.92 Å². The number of aromatic nitrogens is 1. The second kappa shape index (κ2) is 5.79. The van der Waals surface area contributed by atoms with Crippen molar-refractivity contribution in [3.05, 3.63) is 23.0 Å². The number of carbonyl (C=O) groups is 1. The molecular weight excluding hydrogens is 256 g/mol. The second-order valence-corrected chi connectivity index (χ2v) is 5.63. The summed E-state index contributed by atoms with van der Waals surface area (Å²) < 4.78 is 5.40. The highest BCUT2D eigenvalue weighted by molar-refractivity contribution is 5.70. The first kappa shape index (κ1) is 14.8. The Morgan fingerprint density at radius 3 is 2.75 bits per heavy atom. The monoisotopic (exact) mass is 278 g/mol. The van der Waals surface area contributed by atoms with Gasteiger partial charge in [-0.2, -0.15) is 0 Å². The number of likely N-dealkylation sites (tertiary alicyclic amines) is 1. The lowest BCUT2D eigenvalue weighted by Gasteiger charge is -2.41. The molecule has 1 aliphatic heterocycles. The van der Waals surface area contributed by atoms with E-state index < -0.39 is 5.97 Å². The van der Waals surface area contributed by atoms with Gasteiger partial charge >= 0.3 is 5.97 Å². The fourth-order valence-electron chi connectivity index (χ4n) is 2.70. The van der Waals surface area contributed by atoms with Crippen molar-refractivity contribution < 1.29 is 14.6 Å². The first-order chi connectivity index (χ1) is 9.43. The third-order valence-electron chi connectivity index (χ3n) is 4.21. The molecule has 1 N–H and O–H groups in total. The molecule has 1 aromatic heterocycles. The number of pyridine rings is 1. The third-order valence-corrected chi connectivity index (χ3v) is 4.21. The average Bonchev–Trinajstić information content (AvgIpc) is 2.35. The molecule has 0 spiro atoms. The molecule has 1 atom stereocenters. The van der Waals surface area contributed by atoms with Crippen molar-refractivity contribution in [1.82, 2.24) is 9.88 Å². The standard InChI is InChI=1S/C15H22N2O3/c1-9-5-16-13(11(3)14(9)20-4)8-17-6-12(7-17)10(2)15(18)19/h5,10,12H,6-8H2,1-4H3,(H,18,19). The molecule has 0 amide bonds. The minimum absolute atomic E-state index is 0.250. The van der Waals surface area contributed by atoms with E-state index in [1.165, 1.54) is 0 Å². The Morgan fingerprint density at radius 1 is 1.55 bits per heavy atom. The Hall–Kier alpha value is -1.62. The van der Waals surface area contributed by atoms with E-state index in [0.717, 1.165) is 42.2 Å². The van der Waals surface area contributed by atoms with Crippen LogP contribution >= 0.6 is 0 Å². The highest BCUT2D eigenvalue weighted by Gasteiger charge is 2.34. The van der Waals surface area contributed by atoms with Crippen LogP contribution in [0, 0.1) is 25.7 Å². The molecule has 1 unspecified atom stereocenters. The summed E-state index contributed by atoms with van der Waals surface area (Å²) in [5, 5.41) is 8.99. The van der Waals surface area contributed by atoms with Gasteiger partial charge in [-0.05, 0) is 19.8 Å². The summed E-state index contributed by atoms with van der Waals surface area (Å²) in [6, 6.07) is 0. The predicted molar refractivity (Wildman–Crippen MR) is 75.8 cm³/mol. The second-order valence-electron chi connectivity index (χ2n) is 5.63. The van der Waals surface area contributed by atoms with Crippen molar-refractivity contribution in [1.29, 1.82) is 0 Å². The van der Waals surface area contributed by atoms with Crippen molar-refractivity contribution in [3.63, 3.8) is 0 Å². The van der Waals surface area contributed by atoms with Crippen molar-refractivity contribution in [2.75, 3.05) is 20.2 Å². The lowest BCUT2D eigenvalue weighted by atomic mass is 9.87. The molecule has 0 saturated carbocycles. The number of aliphatic carboxylic acids is 1. The summed E-state index contributed by atoms with van der Waals surface area (Å²) in [7, 11) is 1.67. The predicted octanol–water partition coefficient (Wildman–Crippen LogP) is 1.86. The lowest BCUT2D eigenvalue weighted by Crippen LogP contribution is -2.50. The van der Waals surface area contributed by atoms with Crippen LogP contribution in [0.25, 0.3) is 0 Å². The van der Waals surface area contributed by atoms with Crippen molar-refractivity contribution >= 4 is 5.97 Å². The molecule has 2 rings (SSSR count). The van der Waals surface area contributed by atoms with Crippen LogP contribution in [0.4, 0.5) is 0 Å². The number of carboxylic acids is 1. The molecular formula is C15H22N2O3. The van der Waals surface area contributed by atoms with Gasteiger partial charge in [0.05, 0.1) is 18.7 Å². The maximum Gasteiger partial charge on any atom is 0.306 e. The fourth-order valence-corrected chi connectivity index (χ4v) is 2.70. The van der Waals surface area contributed by atoms with Crippen LogP contribution in [0.2, 0.25) is 0 Å². The van der Waals surface area contributed by atoms with E-state index in [1.54, 1.807) is 14.0 Å². The number of methoxy groups -OCH3 is 1. The summed E-state index contributed by atoms with van der Waals surface area (Å²) in [5.74, 6) is 0.167. The van der Waals surface area contributed by atoms with Crippen LogP contribution in [0.15, 0.2) is 6.20 Å². The molecule has 0 aliphatic carbocycles. The minimum atomic E-state index is -0.707. The fraction of sp³-hybridized carbons (Fsp3) is 0.600. The number of hydrogen-bond acceptors (Lipinski definition) is 4. The maximum atomic E-state index is 10.9. The van der Waals surface area contributed by atoms with E-state index in [2.05, 4.69) is 9.88 Å². The van der Waals surface area contributed by atoms with E-state index >= 15 is 0 Å². The zero-order chi connectivity index (χ0) is 14.9. The first-order valence-corrected chi connectivity index (χ1v) is 6.88. The molecule has 5 nitrogen and oxygen atoms in total. The minimum Gasteiger partial charge on any atom is -0.496 e. The Morgan fingerprint density at radius 2 is 2.20 bits per heavy atom. The van der Waals surface area contributed by atoms with Crippen LogP contribution < -0.4 is 4.74 Å². The maximum absolute atomic E-state index is 10.9. The summed E-state index contributed by atoms with van der Waals surface area (Å²) in [6.45, 7) is 8.19. The molecule has 1 saturated heterocycles. The smallest absolute Gasteiger partial charge is 0.306 e. The topological polar surface area (TPSA) is 62.7 Å². The summed E-state index contributed by atoms with van der Waals surface area (Å²) >= 11 is 0. The number of hydrogen-bond donors (Lipinski definition) is 1. The SMILES string of the molecule is COc1c(C)cnc(CN2CC(C(C)C(=O)O)C2)c1C. The number of aryl methyl sites for hydroxylation is 1. The van der Waals surface area contributed by atoms with Gasteiger partial charge < -0.3 is 9.84 Å². The van der Waals surface area contributed by atoms with Crippen LogP contribution in [0.3, 0.4) is 0 Å². The zero-order valence-corrected chi connectivity index (χ0v) is 12.5. The first-order valence-electron chi connectivity index (χ1n) is 6.88. The molecule has 20 heavy (non-hydrogen) atoms. The van der Waals surface area contributed by atoms with Crippen LogP contribution in [-0.2, 0) is 11.3 Å². The van der Waals surface area contributed by atoms with Gasteiger partial charge in [0, 0.05) is 37.0 Å². The molecule has 1 fully saturated rings. The number of nitrogens with zero attached hydrogens (tertiary/aromatic N) is 2. The highest BCUT2D eigenvalue weighted by Crippen LogP contribution is 2.29. The van der Waals surface area contributed by atoms with Gasteiger partial charge in [0.15, 0.2) is 0 Å². The van der Waals surface area contributed by atoms with Crippen LogP contribution in [0.1, 0.15) is 23.7 Å². The Balaban J connectivity index is 1.98. The van der Waals surface area contributed by atoms with Gasteiger partial charge in [-0.15, -0.1) is 0 Å². The Bertz CT molecular complexity index is 510. The van der Waals surface area contributed by atoms with Crippen molar-refractivity contribution in [2.24, 2.45) is 11.8 Å².